The molecule has 4 atom stereocenters. The van der Waals surface area contributed by atoms with Gasteiger partial charge in [0.2, 0.25) is 5.91 Å². The Balaban J connectivity index is 1.57. The van der Waals surface area contributed by atoms with Crippen LogP contribution in [0.15, 0.2) is 0 Å². The summed E-state index contributed by atoms with van der Waals surface area (Å²) in [5, 5.41) is 16.9. The molecule has 0 radical (unpaired) electrons. The molecule has 2 fully saturated rings. The van der Waals surface area contributed by atoms with Crippen LogP contribution < -0.4 is 5.32 Å². The molecule has 2 aliphatic carbocycles. The number of hydrogen-bond acceptors (Lipinski definition) is 3. The lowest BCUT2D eigenvalue weighted by molar-refractivity contribution is -0.141. The maximum atomic E-state index is 12.5. The zero-order chi connectivity index (χ0) is 18.3. The van der Waals surface area contributed by atoms with Gasteiger partial charge in [-0.15, -0.1) is 0 Å². The fourth-order valence-corrected chi connectivity index (χ4v) is 4.53. The Bertz CT molecular complexity index is 680. The number of aryl methyl sites for hydroxylation is 1. The van der Waals surface area contributed by atoms with Gasteiger partial charge in [-0.2, -0.15) is 5.10 Å². The summed E-state index contributed by atoms with van der Waals surface area (Å²) in [7, 11) is 0. The molecule has 4 unspecified atom stereocenters. The Morgan fingerprint density at radius 2 is 2.00 bits per heavy atom. The number of rotatable bonds is 6. The standard InChI is InChI=1S/C19H29N3O3/c1-10(2)9-22-12(4)15(11(3)21-22)8-18(23)20-17-7-13-5-14(19(24)25)6-16(13)17/h10,13-14,16-17H,5-9H2,1-4H3,(H,20,23)(H,24,25). The number of aliphatic carboxylic acids is 1. The first kappa shape index (κ1) is 18.0. The molecule has 0 spiro atoms. The highest BCUT2D eigenvalue weighted by Gasteiger charge is 2.49. The SMILES string of the molecule is Cc1nn(CC(C)C)c(C)c1CC(=O)NC1CC2CC(C(=O)O)CC21. The third-order valence-electron chi connectivity index (χ3n) is 5.93. The molecule has 1 aromatic rings. The van der Waals surface area contributed by atoms with Gasteiger partial charge in [0.25, 0.3) is 0 Å². The predicted molar refractivity (Wildman–Crippen MR) is 94.1 cm³/mol. The Kier molecular flexibility index (Phi) is 4.89. The van der Waals surface area contributed by atoms with Crippen molar-refractivity contribution in [1.82, 2.24) is 15.1 Å². The van der Waals surface area contributed by atoms with Crippen LogP contribution in [-0.4, -0.2) is 32.8 Å². The van der Waals surface area contributed by atoms with Crippen molar-refractivity contribution in [3.8, 4) is 0 Å². The molecule has 1 heterocycles. The molecule has 138 valence electrons. The van der Waals surface area contributed by atoms with E-state index >= 15 is 0 Å². The summed E-state index contributed by atoms with van der Waals surface area (Å²) < 4.78 is 2.00. The number of carboxylic acids is 1. The van der Waals surface area contributed by atoms with Gasteiger partial charge in [-0.05, 0) is 50.9 Å². The van der Waals surface area contributed by atoms with Crippen molar-refractivity contribution in [2.45, 2.75) is 66.0 Å². The number of amides is 1. The van der Waals surface area contributed by atoms with E-state index in [-0.39, 0.29) is 17.9 Å². The highest BCUT2D eigenvalue weighted by molar-refractivity contribution is 5.79. The molecule has 6 heteroatoms. The molecule has 1 aromatic heterocycles. The molecule has 1 amide bonds. The maximum absolute atomic E-state index is 12.5. The fraction of sp³-hybridized carbons (Fsp3) is 0.737. The zero-order valence-corrected chi connectivity index (χ0v) is 15.6. The van der Waals surface area contributed by atoms with Crippen LogP contribution in [0.3, 0.4) is 0 Å². The topological polar surface area (TPSA) is 84.2 Å². The molecular formula is C19H29N3O3. The summed E-state index contributed by atoms with van der Waals surface area (Å²) in [6, 6.07) is 0.146. The summed E-state index contributed by atoms with van der Waals surface area (Å²) >= 11 is 0. The second-order valence-corrected chi connectivity index (χ2v) is 8.24. The van der Waals surface area contributed by atoms with Crippen LogP contribution in [0.5, 0.6) is 0 Å². The molecule has 0 aliphatic heterocycles. The number of carboxylic acid groups (broad SMARTS) is 1. The van der Waals surface area contributed by atoms with E-state index in [9.17, 15) is 9.59 Å². The van der Waals surface area contributed by atoms with Gasteiger partial charge in [0.15, 0.2) is 0 Å². The van der Waals surface area contributed by atoms with Gasteiger partial charge in [-0.25, -0.2) is 0 Å². The number of carbonyl (C=O) groups excluding carboxylic acids is 1. The van der Waals surface area contributed by atoms with Crippen molar-refractivity contribution in [2.24, 2.45) is 23.7 Å². The molecule has 25 heavy (non-hydrogen) atoms. The molecule has 6 nitrogen and oxygen atoms in total. The van der Waals surface area contributed by atoms with E-state index in [2.05, 4.69) is 24.3 Å². The second kappa shape index (κ2) is 6.81. The van der Waals surface area contributed by atoms with E-state index in [1.165, 1.54) is 0 Å². The number of carbonyl (C=O) groups is 2. The maximum Gasteiger partial charge on any atom is 0.306 e. The summed E-state index contributed by atoms with van der Waals surface area (Å²) in [5.74, 6) is 0.437. The Labute approximate surface area is 149 Å². The molecule has 2 aliphatic rings. The first-order valence-electron chi connectivity index (χ1n) is 9.31. The van der Waals surface area contributed by atoms with Gasteiger partial charge >= 0.3 is 5.97 Å². The predicted octanol–water partition coefficient (Wildman–Crippen LogP) is 2.31. The molecular weight excluding hydrogens is 318 g/mol. The molecule has 0 saturated heterocycles. The van der Waals surface area contributed by atoms with E-state index in [0.717, 1.165) is 36.3 Å². The summed E-state index contributed by atoms with van der Waals surface area (Å²) in [6.07, 6.45) is 2.75. The number of fused-ring (bicyclic) bond motifs is 1. The zero-order valence-electron chi connectivity index (χ0n) is 15.6. The van der Waals surface area contributed by atoms with Crippen molar-refractivity contribution in [3.05, 3.63) is 17.0 Å². The van der Waals surface area contributed by atoms with Crippen molar-refractivity contribution in [1.29, 1.82) is 0 Å². The average Bonchev–Trinajstić information content (AvgIpc) is 2.97. The van der Waals surface area contributed by atoms with Crippen LogP contribution in [-0.2, 0) is 22.6 Å². The number of nitrogens with zero attached hydrogens (tertiary/aromatic N) is 2. The third kappa shape index (κ3) is 3.58. The van der Waals surface area contributed by atoms with Crippen molar-refractivity contribution in [2.75, 3.05) is 0 Å². The van der Waals surface area contributed by atoms with Crippen LogP contribution in [0, 0.1) is 37.5 Å². The minimum absolute atomic E-state index is 0.0255. The monoisotopic (exact) mass is 347 g/mol. The Morgan fingerprint density at radius 3 is 2.64 bits per heavy atom. The molecule has 2 N–H and O–H groups in total. The minimum Gasteiger partial charge on any atom is -0.481 e. The average molecular weight is 347 g/mol. The van der Waals surface area contributed by atoms with E-state index in [1.807, 2.05) is 18.5 Å². The first-order chi connectivity index (χ1) is 11.8. The van der Waals surface area contributed by atoms with Crippen molar-refractivity contribution in [3.63, 3.8) is 0 Å². The summed E-state index contributed by atoms with van der Waals surface area (Å²) in [6.45, 7) is 9.15. The first-order valence-corrected chi connectivity index (χ1v) is 9.31. The normalized spacial score (nSPS) is 27.9. The highest BCUT2D eigenvalue weighted by Crippen LogP contribution is 2.49. The number of aromatic nitrogens is 2. The van der Waals surface area contributed by atoms with Crippen molar-refractivity contribution >= 4 is 11.9 Å². The summed E-state index contributed by atoms with van der Waals surface area (Å²) in [5.41, 5.74) is 3.01. The van der Waals surface area contributed by atoms with Gasteiger partial charge in [-0.1, -0.05) is 13.8 Å². The van der Waals surface area contributed by atoms with Crippen LogP contribution in [0.4, 0.5) is 0 Å². The lowest BCUT2D eigenvalue weighted by Crippen LogP contribution is -2.50. The molecule has 0 bridgehead atoms. The molecule has 2 saturated carbocycles. The number of hydrogen-bond donors (Lipinski definition) is 2. The lowest BCUT2D eigenvalue weighted by atomic mass is 9.71. The minimum atomic E-state index is -0.691. The molecule has 0 aromatic carbocycles. The van der Waals surface area contributed by atoms with Crippen LogP contribution in [0.1, 0.15) is 50.1 Å². The van der Waals surface area contributed by atoms with E-state index in [4.69, 9.17) is 5.11 Å². The van der Waals surface area contributed by atoms with E-state index in [0.29, 0.717) is 30.6 Å². The van der Waals surface area contributed by atoms with E-state index < -0.39 is 5.97 Å². The molecule has 3 rings (SSSR count). The van der Waals surface area contributed by atoms with Gasteiger partial charge in [0.05, 0.1) is 18.0 Å². The van der Waals surface area contributed by atoms with Crippen molar-refractivity contribution < 1.29 is 14.7 Å². The number of nitrogens with one attached hydrogen (secondary N) is 1. The summed E-state index contributed by atoms with van der Waals surface area (Å²) in [4.78, 5) is 23.6. The Hall–Kier alpha value is -1.85. The Morgan fingerprint density at radius 1 is 1.28 bits per heavy atom. The van der Waals surface area contributed by atoms with Crippen LogP contribution >= 0.6 is 0 Å². The quantitative estimate of drug-likeness (QED) is 0.827. The second-order valence-electron chi connectivity index (χ2n) is 8.24. The van der Waals surface area contributed by atoms with Gasteiger partial charge < -0.3 is 10.4 Å². The van der Waals surface area contributed by atoms with Gasteiger partial charge in [-0.3, -0.25) is 14.3 Å². The third-order valence-corrected chi connectivity index (χ3v) is 5.93. The van der Waals surface area contributed by atoms with Crippen LogP contribution in [0.25, 0.3) is 0 Å². The highest BCUT2D eigenvalue weighted by atomic mass is 16.4. The van der Waals surface area contributed by atoms with Gasteiger partial charge in [0.1, 0.15) is 0 Å². The smallest absolute Gasteiger partial charge is 0.306 e. The lowest BCUT2D eigenvalue weighted by Gasteiger charge is -2.40. The van der Waals surface area contributed by atoms with Gasteiger partial charge in [0, 0.05) is 23.8 Å². The fourth-order valence-electron chi connectivity index (χ4n) is 4.53. The van der Waals surface area contributed by atoms with E-state index in [1.54, 1.807) is 0 Å². The van der Waals surface area contributed by atoms with Crippen LogP contribution in [0.2, 0.25) is 0 Å². The largest absolute Gasteiger partial charge is 0.481 e.